The maximum absolute atomic E-state index is 13.5. The van der Waals surface area contributed by atoms with Gasteiger partial charge in [0, 0.05) is 37.0 Å². The molecule has 0 saturated heterocycles. The fourth-order valence-electron chi connectivity index (χ4n) is 4.23. The third-order valence-electron chi connectivity index (χ3n) is 5.91. The van der Waals surface area contributed by atoms with Gasteiger partial charge in [-0.05, 0) is 44.0 Å². The number of aryl methyl sites for hydroxylation is 2. The Labute approximate surface area is 198 Å². The fourth-order valence-corrected chi connectivity index (χ4v) is 4.23. The van der Waals surface area contributed by atoms with Crippen molar-refractivity contribution in [1.29, 1.82) is 0 Å². The van der Waals surface area contributed by atoms with Crippen LogP contribution in [0.5, 0.6) is 0 Å². The Kier molecular flexibility index (Phi) is 6.93. The first kappa shape index (κ1) is 25.1. The second kappa shape index (κ2) is 9.38. The van der Waals surface area contributed by atoms with E-state index in [4.69, 9.17) is 4.52 Å². The van der Waals surface area contributed by atoms with Crippen molar-refractivity contribution in [1.82, 2.24) is 10.1 Å². The van der Waals surface area contributed by atoms with Gasteiger partial charge in [0.25, 0.3) is 5.91 Å². The second-order valence-corrected chi connectivity index (χ2v) is 9.72. The number of hydrogen-bond acceptors (Lipinski definition) is 6. The Bertz CT molecular complexity index is 1280. The summed E-state index contributed by atoms with van der Waals surface area (Å²) in [6.07, 6.45) is -0.0600. The van der Waals surface area contributed by atoms with Crippen molar-refractivity contribution in [2.75, 3.05) is 19.4 Å². The van der Waals surface area contributed by atoms with Crippen LogP contribution in [0.2, 0.25) is 0 Å². The lowest BCUT2D eigenvalue weighted by Gasteiger charge is -2.36. The number of fused-ring (bicyclic) bond motifs is 1. The number of aliphatic hydroxyl groups is 1. The molecule has 180 valence electrons. The van der Waals surface area contributed by atoms with Crippen LogP contribution in [-0.2, 0) is 16.0 Å². The third-order valence-corrected chi connectivity index (χ3v) is 5.91. The molecule has 2 N–H and O–H groups in total. The molecule has 1 atom stereocenters. The van der Waals surface area contributed by atoms with Crippen LogP contribution in [0.1, 0.15) is 37.1 Å². The zero-order valence-corrected chi connectivity index (χ0v) is 20.4. The maximum Gasteiger partial charge on any atom is 0.366 e. The number of carbonyl (C=O) groups excluding carboxylic acids is 2. The molecule has 0 fully saturated rings. The molecule has 0 aliphatic carbocycles. The second-order valence-electron chi connectivity index (χ2n) is 9.72. The smallest absolute Gasteiger partial charge is 0.366 e. The standard InChI is InChI=1S/C26H31N3O5/c1-16-7-9-18(10-8-16)14-26(33,15-25(3,4)24(32)29(5)6)23(31)27-19-11-12-20-21(13-19)17(2)28-34-22(20)30/h7-13,33H,14-15H2,1-6H3,(H,27,31). The SMILES string of the molecule is Cc1ccc(CC(O)(CC(C)(C)C(=O)N(C)C)C(=O)Nc2ccc3c(=O)onc(C)c3c2)cc1. The monoisotopic (exact) mass is 465 g/mol. The van der Waals surface area contributed by atoms with E-state index in [-0.39, 0.29) is 18.7 Å². The summed E-state index contributed by atoms with van der Waals surface area (Å²) in [6.45, 7) is 7.08. The van der Waals surface area contributed by atoms with Crippen LogP contribution in [0, 0.1) is 19.3 Å². The number of nitrogens with zero attached hydrogens (tertiary/aromatic N) is 2. The van der Waals surface area contributed by atoms with E-state index in [1.54, 1.807) is 53.1 Å². The van der Waals surface area contributed by atoms with Gasteiger partial charge in [-0.2, -0.15) is 0 Å². The summed E-state index contributed by atoms with van der Waals surface area (Å²) in [7, 11) is 3.29. The normalized spacial score (nSPS) is 13.4. The van der Waals surface area contributed by atoms with Crippen molar-refractivity contribution in [2.24, 2.45) is 5.41 Å². The van der Waals surface area contributed by atoms with Gasteiger partial charge < -0.3 is 19.8 Å². The van der Waals surface area contributed by atoms with Gasteiger partial charge in [-0.15, -0.1) is 0 Å². The average Bonchev–Trinajstić information content (AvgIpc) is 2.77. The van der Waals surface area contributed by atoms with Crippen molar-refractivity contribution in [2.45, 2.75) is 46.1 Å². The molecule has 0 saturated carbocycles. The molecule has 0 spiro atoms. The van der Waals surface area contributed by atoms with Crippen molar-refractivity contribution >= 4 is 28.3 Å². The molecule has 34 heavy (non-hydrogen) atoms. The number of amides is 2. The summed E-state index contributed by atoms with van der Waals surface area (Å²) >= 11 is 0. The number of anilines is 1. The minimum Gasteiger partial charge on any atom is -0.380 e. The molecule has 1 heterocycles. The first-order valence-corrected chi connectivity index (χ1v) is 11.0. The minimum atomic E-state index is -1.87. The van der Waals surface area contributed by atoms with Crippen molar-refractivity contribution in [3.63, 3.8) is 0 Å². The number of carbonyl (C=O) groups is 2. The van der Waals surface area contributed by atoms with E-state index in [1.807, 2.05) is 31.2 Å². The predicted molar refractivity (Wildman–Crippen MR) is 131 cm³/mol. The van der Waals surface area contributed by atoms with Crippen LogP contribution in [0.3, 0.4) is 0 Å². The molecule has 0 radical (unpaired) electrons. The molecule has 3 aromatic rings. The summed E-state index contributed by atoms with van der Waals surface area (Å²) in [6, 6.07) is 12.3. The summed E-state index contributed by atoms with van der Waals surface area (Å²) < 4.78 is 4.75. The van der Waals surface area contributed by atoms with E-state index in [0.717, 1.165) is 11.1 Å². The zero-order valence-electron chi connectivity index (χ0n) is 20.4. The summed E-state index contributed by atoms with van der Waals surface area (Å²) in [4.78, 5) is 39.6. The number of nitrogens with one attached hydrogen (secondary N) is 1. The highest BCUT2D eigenvalue weighted by Gasteiger charge is 2.44. The molecule has 2 amide bonds. The van der Waals surface area contributed by atoms with Gasteiger partial charge in [0.15, 0.2) is 0 Å². The lowest BCUT2D eigenvalue weighted by Crippen LogP contribution is -2.51. The minimum absolute atomic E-state index is 0.0288. The molecule has 8 nitrogen and oxygen atoms in total. The highest BCUT2D eigenvalue weighted by Crippen LogP contribution is 2.33. The molecule has 0 aliphatic rings. The lowest BCUT2D eigenvalue weighted by atomic mass is 9.76. The molecule has 0 bridgehead atoms. The van der Waals surface area contributed by atoms with Gasteiger partial charge in [0.05, 0.1) is 11.1 Å². The molecular weight excluding hydrogens is 434 g/mol. The van der Waals surface area contributed by atoms with Crippen LogP contribution in [0.25, 0.3) is 10.8 Å². The van der Waals surface area contributed by atoms with Gasteiger partial charge in [-0.25, -0.2) is 4.79 Å². The summed E-state index contributed by atoms with van der Waals surface area (Å²) in [5.41, 5.74) is -0.716. The highest BCUT2D eigenvalue weighted by atomic mass is 16.5. The zero-order chi connectivity index (χ0) is 25.3. The van der Waals surface area contributed by atoms with E-state index in [1.165, 1.54) is 4.90 Å². The molecular formula is C26H31N3O5. The van der Waals surface area contributed by atoms with Gasteiger partial charge in [-0.1, -0.05) is 48.8 Å². The maximum atomic E-state index is 13.5. The molecule has 3 rings (SSSR count). The van der Waals surface area contributed by atoms with Gasteiger partial charge in [0.1, 0.15) is 5.60 Å². The van der Waals surface area contributed by atoms with E-state index in [2.05, 4.69) is 10.5 Å². The summed E-state index contributed by atoms with van der Waals surface area (Å²) in [5.74, 6) is -0.831. The first-order chi connectivity index (χ1) is 15.8. The average molecular weight is 466 g/mol. The first-order valence-electron chi connectivity index (χ1n) is 11.0. The van der Waals surface area contributed by atoms with E-state index in [9.17, 15) is 19.5 Å². The third kappa shape index (κ3) is 5.34. The molecule has 1 unspecified atom stereocenters. The van der Waals surface area contributed by atoms with Crippen molar-refractivity contribution < 1.29 is 19.2 Å². The van der Waals surface area contributed by atoms with Crippen LogP contribution < -0.4 is 10.9 Å². The Morgan fingerprint density at radius 2 is 1.71 bits per heavy atom. The van der Waals surface area contributed by atoms with Crippen LogP contribution in [0.15, 0.2) is 51.8 Å². The lowest BCUT2D eigenvalue weighted by molar-refractivity contribution is -0.146. The van der Waals surface area contributed by atoms with Gasteiger partial charge >= 0.3 is 5.63 Å². The highest BCUT2D eigenvalue weighted by molar-refractivity contribution is 6.00. The quantitative estimate of drug-likeness (QED) is 0.554. The van der Waals surface area contributed by atoms with Gasteiger partial charge in [-0.3, -0.25) is 9.59 Å². The Balaban J connectivity index is 1.97. The number of aromatic nitrogens is 1. The predicted octanol–water partition coefficient (Wildman–Crippen LogP) is 3.22. The molecule has 1 aromatic heterocycles. The largest absolute Gasteiger partial charge is 0.380 e. The van der Waals surface area contributed by atoms with Crippen molar-refractivity contribution in [3.05, 3.63) is 69.7 Å². The topological polar surface area (TPSA) is 113 Å². The van der Waals surface area contributed by atoms with Crippen molar-refractivity contribution in [3.8, 4) is 0 Å². The van der Waals surface area contributed by atoms with Gasteiger partial charge in [0.2, 0.25) is 5.91 Å². The molecule has 0 aliphatic heterocycles. The van der Waals surface area contributed by atoms with E-state index in [0.29, 0.717) is 22.2 Å². The Morgan fingerprint density at radius 3 is 2.32 bits per heavy atom. The number of hydrogen-bond donors (Lipinski definition) is 2. The Hall–Kier alpha value is -3.52. The number of benzene rings is 2. The fraction of sp³-hybridized carbons (Fsp3) is 0.385. The summed E-state index contributed by atoms with van der Waals surface area (Å²) in [5, 5.41) is 19.1. The van der Waals surface area contributed by atoms with E-state index >= 15 is 0 Å². The molecule has 2 aromatic carbocycles. The van der Waals surface area contributed by atoms with Crippen LogP contribution in [-0.4, -0.2) is 46.7 Å². The molecule has 8 heteroatoms. The van der Waals surface area contributed by atoms with E-state index < -0.39 is 22.5 Å². The van der Waals surface area contributed by atoms with Crippen LogP contribution in [0.4, 0.5) is 5.69 Å². The number of rotatable bonds is 7. The Morgan fingerprint density at radius 1 is 1.06 bits per heavy atom. The van der Waals surface area contributed by atoms with Crippen LogP contribution >= 0.6 is 0 Å².